The second-order valence-corrected chi connectivity index (χ2v) is 6.80. The van der Waals surface area contributed by atoms with E-state index in [4.69, 9.17) is 0 Å². The van der Waals surface area contributed by atoms with Gasteiger partial charge >= 0.3 is 0 Å². The molecule has 0 amide bonds. The fourth-order valence-electron chi connectivity index (χ4n) is 2.16. The summed E-state index contributed by atoms with van der Waals surface area (Å²) in [7, 11) is 0. The van der Waals surface area contributed by atoms with E-state index >= 15 is 0 Å². The average Bonchev–Trinajstić information content (AvgIpc) is 3.09. The first kappa shape index (κ1) is 18.1. The molecule has 2 aromatic heterocycles. The van der Waals surface area contributed by atoms with Gasteiger partial charge in [-0.1, -0.05) is 42.1 Å². The molecule has 2 heterocycles. The molecule has 0 unspecified atom stereocenters. The predicted molar refractivity (Wildman–Crippen MR) is 104 cm³/mol. The van der Waals surface area contributed by atoms with Crippen LogP contribution in [0.15, 0.2) is 41.8 Å². The largest absolute Gasteiger partial charge is 0.354 e. The Morgan fingerprint density at radius 1 is 1.08 bits per heavy atom. The van der Waals surface area contributed by atoms with Crippen molar-refractivity contribution in [2.45, 2.75) is 37.7 Å². The number of nitrogens with zero attached hydrogens (tertiary/aromatic N) is 6. The average molecular weight is 370 g/mol. The molecule has 0 fully saturated rings. The Kier molecular flexibility index (Phi) is 6.00. The number of hydrogen-bond acceptors (Lipinski definition) is 8. The summed E-state index contributed by atoms with van der Waals surface area (Å²) in [6, 6.07) is 10.4. The molecule has 1 aromatic carbocycles. The van der Waals surface area contributed by atoms with Crippen LogP contribution in [0.3, 0.4) is 0 Å². The molecule has 0 aliphatic carbocycles. The Hall–Kier alpha value is -2.68. The first-order valence-corrected chi connectivity index (χ1v) is 9.48. The lowest BCUT2D eigenvalue weighted by atomic mass is 10.2. The molecule has 3 rings (SSSR count). The van der Waals surface area contributed by atoms with Gasteiger partial charge in [-0.05, 0) is 26.3 Å². The number of hydrogen-bond donors (Lipinski definition) is 2. The van der Waals surface area contributed by atoms with E-state index in [9.17, 15) is 0 Å². The van der Waals surface area contributed by atoms with Gasteiger partial charge in [-0.2, -0.15) is 19.6 Å². The third kappa shape index (κ3) is 4.92. The first-order chi connectivity index (χ1) is 12.6. The fraction of sp³-hybridized carbons (Fsp3) is 0.353. The van der Waals surface area contributed by atoms with Gasteiger partial charge < -0.3 is 10.6 Å². The van der Waals surface area contributed by atoms with Gasteiger partial charge in [0.15, 0.2) is 0 Å². The standard InChI is InChI=1S/C17H22N8S/c1-4-18-14-21-15(20-12(2)3)23-16(22-14)25-11-19-17(24-25)26-10-13-8-6-5-7-9-13/h5-9,11-12H,4,10H2,1-3H3,(H2,18,20,21,22,23). The van der Waals surface area contributed by atoms with E-state index in [0.717, 1.165) is 12.3 Å². The summed E-state index contributed by atoms with van der Waals surface area (Å²) < 4.78 is 1.57. The molecular formula is C17H22N8S. The van der Waals surface area contributed by atoms with Gasteiger partial charge in [0, 0.05) is 18.3 Å². The van der Waals surface area contributed by atoms with E-state index < -0.39 is 0 Å². The minimum Gasteiger partial charge on any atom is -0.354 e. The maximum Gasteiger partial charge on any atom is 0.258 e. The van der Waals surface area contributed by atoms with Gasteiger partial charge in [0.25, 0.3) is 5.95 Å². The third-order valence-electron chi connectivity index (χ3n) is 3.26. The zero-order chi connectivity index (χ0) is 18.4. The fourth-order valence-corrected chi connectivity index (χ4v) is 2.92. The number of thioether (sulfide) groups is 1. The van der Waals surface area contributed by atoms with Crippen LogP contribution in [0.1, 0.15) is 26.3 Å². The number of nitrogens with one attached hydrogen (secondary N) is 2. The molecule has 9 heteroatoms. The lowest BCUT2D eigenvalue weighted by Crippen LogP contribution is -2.16. The van der Waals surface area contributed by atoms with E-state index in [0.29, 0.717) is 23.0 Å². The Labute approximate surface area is 156 Å². The zero-order valence-corrected chi connectivity index (χ0v) is 15.9. The Bertz CT molecular complexity index is 834. The van der Waals surface area contributed by atoms with E-state index in [1.165, 1.54) is 5.56 Å². The van der Waals surface area contributed by atoms with Crippen molar-refractivity contribution in [3.8, 4) is 5.95 Å². The third-order valence-corrected chi connectivity index (χ3v) is 4.19. The summed E-state index contributed by atoms with van der Waals surface area (Å²) in [6.45, 7) is 6.78. The monoisotopic (exact) mass is 370 g/mol. The Morgan fingerprint density at radius 2 is 1.85 bits per heavy atom. The summed E-state index contributed by atoms with van der Waals surface area (Å²) in [4.78, 5) is 17.6. The van der Waals surface area contributed by atoms with Gasteiger partial charge in [0.2, 0.25) is 17.1 Å². The molecule has 0 saturated heterocycles. The highest BCUT2D eigenvalue weighted by Gasteiger charge is 2.11. The van der Waals surface area contributed by atoms with E-state index in [1.54, 1.807) is 22.8 Å². The van der Waals surface area contributed by atoms with Crippen molar-refractivity contribution >= 4 is 23.7 Å². The summed E-state index contributed by atoms with van der Waals surface area (Å²) >= 11 is 1.57. The van der Waals surface area contributed by atoms with Crippen LogP contribution >= 0.6 is 11.8 Å². The molecule has 0 bridgehead atoms. The van der Waals surface area contributed by atoms with E-state index in [1.807, 2.05) is 39.0 Å². The molecule has 0 aliphatic rings. The quantitative estimate of drug-likeness (QED) is 0.585. The van der Waals surface area contributed by atoms with Crippen molar-refractivity contribution < 1.29 is 0 Å². The van der Waals surface area contributed by atoms with Crippen molar-refractivity contribution in [3.63, 3.8) is 0 Å². The molecule has 136 valence electrons. The SMILES string of the molecule is CCNc1nc(NC(C)C)nc(-n2cnc(SCc3ccccc3)n2)n1. The Morgan fingerprint density at radius 3 is 2.58 bits per heavy atom. The van der Waals surface area contributed by atoms with E-state index in [-0.39, 0.29) is 6.04 Å². The number of aromatic nitrogens is 6. The summed E-state index contributed by atoms with van der Waals surface area (Å²) in [5.74, 6) is 2.26. The van der Waals surface area contributed by atoms with Gasteiger partial charge in [-0.15, -0.1) is 5.10 Å². The second kappa shape index (κ2) is 8.61. The summed E-state index contributed by atoms with van der Waals surface area (Å²) in [5, 5.41) is 11.5. The van der Waals surface area contributed by atoms with Crippen LogP contribution in [-0.2, 0) is 5.75 Å². The second-order valence-electron chi connectivity index (χ2n) is 5.86. The highest BCUT2D eigenvalue weighted by Crippen LogP contribution is 2.19. The molecule has 2 N–H and O–H groups in total. The van der Waals surface area contributed by atoms with Crippen LogP contribution < -0.4 is 10.6 Å². The molecular weight excluding hydrogens is 348 g/mol. The molecule has 26 heavy (non-hydrogen) atoms. The van der Waals surface area contributed by atoms with Crippen LogP contribution in [0.25, 0.3) is 5.95 Å². The topological polar surface area (TPSA) is 93.4 Å². The lowest BCUT2D eigenvalue weighted by molar-refractivity contribution is 0.764. The van der Waals surface area contributed by atoms with Gasteiger partial charge in [-0.25, -0.2) is 4.98 Å². The molecule has 0 saturated carbocycles. The number of benzene rings is 1. The highest BCUT2D eigenvalue weighted by atomic mass is 32.2. The molecule has 3 aromatic rings. The van der Waals surface area contributed by atoms with Gasteiger partial charge in [0.05, 0.1) is 0 Å². The molecule has 0 aliphatic heterocycles. The van der Waals surface area contributed by atoms with Crippen molar-refractivity contribution in [1.29, 1.82) is 0 Å². The van der Waals surface area contributed by atoms with Crippen molar-refractivity contribution in [3.05, 3.63) is 42.2 Å². The van der Waals surface area contributed by atoms with Crippen LogP contribution in [0.5, 0.6) is 0 Å². The maximum atomic E-state index is 4.48. The smallest absolute Gasteiger partial charge is 0.258 e. The Balaban J connectivity index is 1.77. The minimum atomic E-state index is 0.215. The lowest BCUT2D eigenvalue weighted by Gasteiger charge is -2.11. The molecule has 8 nitrogen and oxygen atoms in total. The molecule has 0 radical (unpaired) electrons. The molecule has 0 atom stereocenters. The highest BCUT2D eigenvalue weighted by molar-refractivity contribution is 7.98. The van der Waals surface area contributed by atoms with Gasteiger partial charge in [0.1, 0.15) is 6.33 Å². The number of rotatable bonds is 8. The van der Waals surface area contributed by atoms with Crippen LogP contribution in [0.2, 0.25) is 0 Å². The van der Waals surface area contributed by atoms with Crippen molar-refractivity contribution in [1.82, 2.24) is 29.7 Å². The van der Waals surface area contributed by atoms with Crippen LogP contribution in [-0.4, -0.2) is 42.3 Å². The van der Waals surface area contributed by atoms with Crippen LogP contribution in [0.4, 0.5) is 11.9 Å². The predicted octanol–water partition coefficient (Wildman–Crippen LogP) is 3.00. The van der Waals surface area contributed by atoms with Crippen molar-refractivity contribution in [2.75, 3.05) is 17.2 Å². The maximum absolute atomic E-state index is 4.48. The van der Waals surface area contributed by atoms with Crippen molar-refractivity contribution in [2.24, 2.45) is 0 Å². The summed E-state index contributed by atoms with van der Waals surface area (Å²) in [5.41, 5.74) is 1.23. The van der Waals surface area contributed by atoms with E-state index in [2.05, 4.69) is 47.8 Å². The zero-order valence-electron chi connectivity index (χ0n) is 15.0. The number of anilines is 2. The van der Waals surface area contributed by atoms with Gasteiger partial charge in [-0.3, -0.25) is 0 Å². The van der Waals surface area contributed by atoms with Crippen LogP contribution in [0, 0.1) is 0 Å². The summed E-state index contributed by atoms with van der Waals surface area (Å²) in [6.07, 6.45) is 1.62. The normalized spacial score (nSPS) is 10.9. The minimum absolute atomic E-state index is 0.215. The first-order valence-electron chi connectivity index (χ1n) is 8.49. The molecule has 0 spiro atoms.